The molecule has 0 aliphatic rings. The van der Waals surface area contributed by atoms with Crippen LogP contribution < -0.4 is 0 Å². The Bertz CT molecular complexity index is 1160. The number of aromatic amines is 1. The van der Waals surface area contributed by atoms with Crippen LogP contribution >= 0.6 is 0 Å². The van der Waals surface area contributed by atoms with Gasteiger partial charge in [-0.1, -0.05) is 0 Å². The third-order valence-corrected chi connectivity index (χ3v) is 4.27. The molecule has 0 unspecified atom stereocenters. The number of fused-ring (bicyclic) bond motifs is 1. The molecule has 2 aromatic carbocycles. The predicted molar refractivity (Wildman–Crippen MR) is 88.8 cm³/mol. The second-order valence-electron chi connectivity index (χ2n) is 5.83. The van der Waals surface area contributed by atoms with E-state index < -0.39 is 34.6 Å². The van der Waals surface area contributed by atoms with E-state index in [1.54, 1.807) is 18.2 Å². The smallest absolute Gasteiger partial charge is 0.240 e. The summed E-state index contributed by atoms with van der Waals surface area (Å²) in [5.41, 5.74) is 1.24. The maximum Gasteiger partial charge on any atom is 0.240 e. The molecule has 0 aliphatic carbocycles. The number of aromatic hydroxyl groups is 2. The van der Waals surface area contributed by atoms with E-state index in [9.17, 15) is 23.4 Å². The van der Waals surface area contributed by atoms with Gasteiger partial charge in [0.05, 0.1) is 28.7 Å². The lowest BCUT2D eigenvalue weighted by Crippen LogP contribution is -2.01. The molecule has 0 fully saturated rings. The number of halogens is 3. The summed E-state index contributed by atoms with van der Waals surface area (Å²) in [7, 11) is 0. The number of H-pyrrole nitrogens is 1. The molecule has 4 aromatic rings. The highest BCUT2D eigenvalue weighted by Crippen LogP contribution is 2.43. The third kappa shape index (κ3) is 2.22. The lowest BCUT2D eigenvalue weighted by Gasteiger charge is -2.12. The highest BCUT2D eigenvalue weighted by molar-refractivity contribution is 5.80. The van der Waals surface area contributed by atoms with Crippen molar-refractivity contribution >= 4 is 11.0 Å². The van der Waals surface area contributed by atoms with Gasteiger partial charge in [-0.2, -0.15) is 0 Å². The van der Waals surface area contributed by atoms with Crippen LogP contribution in [0, 0.1) is 24.4 Å². The van der Waals surface area contributed by atoms with Crippen molar-refractivity contribution in [2.75, 3.05) is 0 Å². The van der Waals surface area contributed by atoms with Crippen LogP contribution in [0.25, 0.3) is 28.0 Å². The Morgan fingerprint density at radius 2 is 1.85 bits per heavy atom. The monoisotopic (exact) mass is 359 g/mol. The van der Waals surface area contributed by atoms with Crippen LogP contribution in [0.5, 0.6) is 11.6 Å². The molecule has 8 heteroatoms. The number of imidazole rings is 1. The molecule has 4 rings (SSSR count). The van der Waals surface area contributed by atoms with E-state index in [4.69, 9.17) is 0 Å². The lowest BCUT2D eigenvalue weighted by molar-refractivity contribution is 0.386. The Labute approximate surface area is 145 Å². The zero-order valence-corrected chi connectivity index (χ0v) is 13.4. The maximum absolute atomic E-state index is 14.4. The molecule has 2 aromatic heterocycles. The summed E-state index contributed by atoms with van der Waals surface area (Å²) < 4.78 is 42.9. The first-order chi connectivity index (χ1) is 12.4. The number of rotatable bonds is 2. The van der Waals surface area contributed by atoms with Gasteiger partial charge in [0.2, 0.25) is 5.88 Å². The van der Waals surface area contributed by atoms with Gasteiger partial charge < -0.3 is 15.2 Å². The van der Waals surface area contributed by atoms with Gasteiger partial charge in [0.25, 0.3) is 0 Å². The number of aromatic nitrogens is 3. The number of benzene rings is 2. The van der Waals surface area contributed by atoms with Crippen molar-refractivity contribution in [3.63, 3.8) is 0 Å². The average molecular weight is 359 g/mol. The summed E-state index contributed by atoms with van der Waals surface area (Å²) >= 11 is 0. The van der Waals surface area contributed by atoms with Crippen molar-refractivity contribution in [1.29, 1.82) is 0 Å². The summed E-state index contributed by atoms with van der Waals surface area (Å²) in [4.78, 5) is 6.98. The van der Waals surface area contributed by atoms with E-state index in [-0.39, 0.29) is 11.3 Å². The fourth-order valence-corrected chi connectivity index (χ4v) is 3.02. The van der Waals surface area contributed by atoms with Gasteiger partial charge in [-0.15, -0.1) is 0 Å². The van der Waals surface area contributed by atoms with Crippen LogP contribution in [0.4, 0.5) is 13.2 Å². The number of nitrogens with one attached hydrogen (secondary N) is 1. The minimum absolute atomic E-state index is 0.0604. The van der Waals surface area contributed by atoms with Crippen LogP contribution in [-0.4, -0.2) is 24.7 Å². The van der Waals surface area contributed by atoms with Gasteiger partial charge in [-0.3, -0.25) is 4.57 Å². The largest absolute Gasteiger partial charge is 0.503 e. The first kappa shape index (κ1) is 16.1. The van der Waals surface area contributed by atoms with Gasteiger partial charge in [-0.05, 0) is 31.2 Å². The molecular weight excluding hydrogens is 347 g/mol. The number of hydrogen-bond donors (Lipinski definition) is 3. The number of hydrogen-bond acceptors (Lipinski definition) is 3. The van der Waals surface area contributed by atoms with E-state index in [1.807, 2.05) is 0 Å². The highest BCUT2D eigenvalue weighted by Gasteiger charge is 2.26. The van der Waals surface area contributed by atoms with Crippen LogP contribution in [-0.2, 0) is 0 Å². The molecule has 0 spiro atoms. The van der Waals surface area contributed by atoms with E-state index in [0.29, 0.717) is 22.8 Å². The maximum atomic E-state index is 14.4. The van der Waals surface area contributed by atoms with Gasteiger partial charge in [-0.25, -0.2) is 18.2 Å². The molecule has 2 heterocycles. The summed E-state index contributed by atoms with van der Waals surface area (Å²) in [5, 5.41) is 20.5. The standard InChI is InChI=1S/C18H12F3N3O2/c1-8-16(11-4-9(19)5-12(20)15(11)21)24(18(26)17(8)25)10-2-3-13-14(6-10)23-7-22-13/h2-7,25-26H,1H3,(H,22,23). The van der Waals surface area contributed by atoms with Crippen molar-refractivity contribution in [2.24, 2.45) is 0 Å². The average Bonchev–Trinajstić information content (AvgIpc) is 3.16. The van der Waals surface area contributed by atoms with E-state index >= 15 is 0 Å². The molecular formula is C18H12F3N3O2. The van der Waals surface area contributed by atoms with Crippen LogP contribution in [0.3, 0.4) is 0 Å². The zero-order valence-electron chi connectivity index (χ0n) is 13.4. The van der Waals surface area contributed by atoms with E-state index in [1.165, 1.54) is 13.3 Å². The fourth-order valence-electron chi connectivity index (χ4n) is 3.02. The van der Waals surface area contributed by atoms with Gasteiger partial charge in [0, 0.05) is 17.2 Å². The Morgan fingerprint density at radius 3 is 2.62 bits per heavy atom. The van der Waals surface area contributed by atoms with Gasteiger partial charge in [0.15, 0.2) is 17.4 Å². The van der Waals surface area contributed by atoms with Crippen molar-refractivity contribution in [3.8, 4) is 28.6 Å². The Balaban J connectivity index is 2.07. The third-order valence-electron chi connectivity index (χ3n) is 4.27. The minimum Gasteiger partial charge on any atom is -0.503 e. The Morgan fingerprint density at radius 1 is 1.08 bits per heavy atom. The molecule has 3 N–H and O–H groups in total. The zero-order chi connectivity index (χ0) is 18.6. The number of nitrogens with zero attached hydrogens (tertiary/aromatic N) is 2. The molecule has 0 bridgehead atoms. The summed E-state index contributed by atoms with van der Waals surface area (Å²) in [5.74, 6) is -4.70. The van der Waals surface area contributed by atoms with Crippen molar-refractivity contribution in [2.45, 2.75) is 6.92 Å². The lowest BCUT2D eigenvalue weighted by atomic mass is 10.1. The van der Waals surface area contributed by atoms with Crippen molar-refractivity contribution in [1.82, 2.24) is 14.5 Å². The molecule has 0 aliphatic heterocycles. The molecule has 0 radical (unpaired) electrons. The quantitative estimate of drug-likeness (QED) is 0.471. The second-order valence-corrected chi connectivity index (χ2v) is 5.83. The minimum atomic E-state index is -1.37. The molecule has 0 saturated heterocycles. The fraction of sp³-hybridized carbons (Fsp3) is 0.0556. The second kappa shape index (κ2) is 5.55. The van der Waals surface area contributed by atoms with Gasteiger partial charge in [0.1, 0.15) is 5.82 Å². The molecule has 5 nitrogen and oxygen atoms in total. The van der Waals surface area contributed by atoms with E-state index in [2.05, 4.69) is 9.97 Å². The van der Waals surface area contributed by atoms with Gasteiger partial charge >= 0.3 is 0 Å². The molecule has 0 atom stereocenters. The van der Waals surface area contributed by atoms with Crippen LogP contribution in [0.15, 0.2) is 36.7 Å². The molecule has 132 valence electrons. The van der Waals surface area contributed by atoms with Crippen molar-refractivity contribution < 1.29 is 23.4 Å². The topological polar surface area (TPSA) is 74.1 Å². The Kier molecular flexibility index (Phi) is 3.43. The Hall–Kier alpha value is -3.42. The molecule has 26 heavy (non-hydrogen) atoms. The first-order valence-electron chi connectivity index (χ1n) is 7.60. The summed E-state index contributed by atoms with van der Waals surface area (Å²) in [6.45, 7) is 1.41. The molecule has 0 amide bonds. The van der Waals surface area contributed by atoms with Crippen LogP contribution in [0.1, 0.15) is 5.56 Å². The first-order valence-corrected chi connectivity index (χ1v) is 7.60. The predicted octanol–water partition coefficient (Wildman–Crippen LogP) is 4.16. The summed E-state index contributed by atoms with van der Waals surface area (Å²) in [6, 6.07) is 6.08. The highest BCUT2D eigenvalue weighted by atomic mass is 19.2. The summed E-state index contributed by atoms with van der Waals surface area (Å²) in [6.07, 6.45) is 1.48. The molecule has 0 saturated carbocycles. The van der Waals surface area contributed by atoms with E-state index in [0.717, 1.165) is 10.6 Å². The van der Waals surface area contributed by atoms with Crippen LogP contribution in [0.2, 0.25) is 0 Å². The van der Waals surface area contributed by atoms with Crippen molar-refractivity contribution in [3.05, 3.63) is 59.7 Å². The normalized spacial score (nSPS) is 11.4. The SMILES string of the molecule is Cc1c(O)c(O)n(-c2ccc3nc[nH]c3c2)c1-c1cc(F)cc(F)c1F.